The zero-order chi connectivity index (χ0) is 28.1. The van der Waals surface area contributed by atoms with Crippen LogP contribution in [0.25, 0.3) is 5.69 Å². The molecule has 2 aliphatic heterocycles. The van der Waals surface area contributed by atoms with Crippen LogP contribution in [0.15, 0.2) is 107 Å². The van der Waals surface area contributed by atoms with Crippen molar-refractivity contribution in [1.82, 2.24) is 9.78 Å². The number of aromatic nitrogens is 2. The molecule has 0 bridgehead atoms. The molecule has 5 aromatic rings. The monoisotopic (exact) mass is 536 g/mol. The van der Waals surface area contributed by atoms with Crippen LogP contribution in [0.1, 0.15) is 46.5 Å². The quantitative estimate of drug-likeness (QED) is 0.252. The van der Waals surface area contributed by atoms with Crippen LogP contribution in [0.3, 0.4) is 0 Å². The predicted octanol–water partition coefficient (Wildman–Crippen LogP) is 8.16. The van der Waals surface area contributed by atoms with Crippen molar-refractivity contribution in [3.8, 4) is 5.69 Å². The molecule has 2 aliphatic rings. The van der Waals surface area contributed by atoms with E-state index >= 15 is 0 Å². The zero-order valence-corrected chi connectivity index (χ0v) is 23.8. The van der Waals surface area contributed by atoms with E-state index in [1.165, 1.54) is 22.3 Å². The molecule has 0 aliphatic carbocycles. The Bertz CT molecular complexity index is 1810. The van der Waals surface area contributed by atoms with Gasteiger partial charge in [0, 0.05) is 11.3 Å². The summed E-state index contributed by atoms with van der Waals surface area (Å²) in [5.74, 6) is 2.32. The van der Waals surface area contributed by atoms with Crippen LogP contribution in [-0.2, 0) is 6.42 Å². The molecule has 3 heterocycles. The van der Waals surface area contributed by atoms with Gasteiger partial charge in [0.1, 0.15) is 0 Å². The fraction of sp³-hybridized carbons (Fsp3) is 0.171. The Labute approximate surface area is 240 Å². The molecule has 1 N–H and O–H groups in total. The highest BCUT2D eigenvalue weighted by Gasteiger charge is 2.41. The molecule has 6 nitrogen and oxygen atoms in total. The number of aliphatic imine (C=N–C) groups is 2. The maximum atomic E-state index is 5.35. The molecule has 202 valence electrons. The van der Waals surface area contributed by atoms with Crippen molar-refractivity contribution in [3.05, 3.63) is 131 Å². The first-order chi connectivity index (χ1) is 20.0. The molecule has 1 atom stereocenters. The van der Waals surface area contributed by atoms with E-state index in [9.17, 15) is 0 Å². The van der Waals surface area contributed by atoms with Gasteiger partial charge in [0.25, 0.3) is 0 Å². The number of benzene rings is 4. The van der Waals surface area contributed by atoms with Gasteiger partial charge < -0.3 is 10.2 Å². The number of nitrogens with one attached hydrogen (secondary N) is 1. The van der Waals surface area contributed by atoms with E-state index < -0.39 is 0 Å². The standard InChI is InChI=1S/C35H32N6/c1-5-25-15-17-26(18-16-25)32-31-24(4)39-41(28-11-7-6-8-12-28)34(31)38-35-33(36-27-20-22(2)19-23(3)21-27)37-29-13-9-10-14-30(29)40(32)35/h6-21,32H,5H2,1-4H3,(H,36,37)/t32-/m1/s1. The topological polar surface area (TPSA) is 57.8 Å². The third-order valence-electron chi connectivity index (χ3n) is 7.83. The molecule has 4 aromatic carbocycles. The lowest BCUT2D eigenvalue weighted by molar-refractivity contribution is 0.814. The van der Waals surface area contributed by atoms with Crippen molar-refractivity contribution in [1.29, 1.82) is 0 Å². The average molecular weight is 537 g/mol. The number of rotatable bonds is 4. The molecule has 0 radical (unpaired) electrons. The van der Waals surface area contributed by atoms with E-state index in [0.717, 1.165) is 52.1 Å². The molecule has 7 rings (SSSR count). The summed E-state index contributed by atoms with van der Waals surface area (Å²) < 4.78 is 1.97. The average Bonchev–Trinajstić information content (AvgIpc) is 3.32. The van der Waals surface area contributed by atoms with Crippen molar-refractivity contribution < 1.29 is 0 Å². The first-order valence-corrected chi connectivity index (χ1v) is 14.2. The number of nitrogens with zero attached hydrogens (tertiary/aromatic N) is 5. The molecular formula is C35H32N6. The minimum absolute atomic E-state index is 0.131. The SMILES string of the molecule is CCc1ccc([C@@H]2c3c(C)nn(-c4ccccc4)c3N=C3C(Nc4cc(C)cc(C)c4)=Nc4ccccc4N32)cc1. The molecule has 1 aromatic heterocycles. The molecule has 0 spiro atoms. The summed E-state index contributed by atoms with van der Waals surface area (Å²) in [6, 6.07) is 33.9. The van der Waals surface area contributed by atoms with Gasteiger partial charge in [-0.2, -0.15) is 5.10 Å². The molecule has 0 saturated carbocycles. The van der Waals surface area contributed by atoms with Crippen molar-refractivity contribution in [3.63, 3.8) is 0 Å². The third-order valence-corrected chi connectivity index (χ3v) is 7.83. The van der Waals surface area contributed by atoms with Crippen LogP contribution >= 0.6 is 0 Å². The van der Waals surface area contributed by atoms with E-state index in [1.54, 1.807) is 0 Å². The Morgan fingerprint density at radius 1 is 0.780 bits per heavy atom. The molecule has 0 amide bonds. The van der Waals surface area contributed by atoms with Gasteiger partial charge in [0.2, 0.25) is 0 Å². The Morgan fingerprint density at radius 2 is 1.49 bits per heavy atom. The van der Waals surface area contributed by atoms with Crippen molar-refractivity contribution in [2.24, 2.45) is 9.98 Å². The molecule has 0 saturated heterocycles. The van der Waals surface area contributed by atoms with E-state index in [0.29, 0.717) is 5.84 Å². The second-order valence-corrected chi connectivity index (χ2v) is 10.8. The fourth-order valence-corrected chi connectivity index (χ4v) is 5.98. The van der Waals surface area contributed by atoms with Crippen LogP contribution in [0.4, 0.5) is 22.9 Å². The van der Waals surface area contributed by atoms with Crippen molar-refractivity contribution in [2.75, 3.05) is 10.2 Å². The van der Waals surface area contributed by atoms with Gasteiger partial charge >= 0.3 is 0 Å². The van der Waals surface area contributed by atoms with Gasteiger partial charge in [-0.3, -0.25) is 0 Å². The van der Waals surface area contributed by atoms with Crippen molar-refractivity contribution in [2.45, 2.75) is 40.2 Å². The van der Waals surface area contributed by atoms with Gasteiger partial charge in [0.15, 0.2) is 17.5 Å². The highest BCUT2D eigenvalue weighted by atomic mass is 15.4. The van der Waals surface area contributed by atoms with Gasteiger partial charge in [-0.25, -0.2) is 14.7 Å². The van der Waals surface area contributed by atoms with E-state index in [1.807, 2.05) is 28.9 Å². The van der Waals surface area contributed by atoms with Gasteiger partial charge in [-0.05, 0) is 85.8 Å². The molecular weight excluding hydrogens is 504 g/mol. The summed E-state index contributed by atoms with van der Waals surface area (Å²) in [7, 11) is 0. The van der Waals surface area contributed by atoms with Crippen molar-refractivity contribution >= 4 is 34.6 Å². The second-order valence-electron chi connectivity index (χ2n) is 10.8. The molecule has 0 fully saturated rings. The van der Waals surface area contributed by atoms with Gasteiger partial charge in [-0.1, -0.05) is 67.6 Å². The lowest BCUT2D eigenvalue weighted by Crippen LogP contribution is -2.46. The van der Waals surface area contributed by atoms with Gasteiger partial charge in [-0.15, -0.1) is 0 Å². The van der Waals surface area contributed by atoms with E-state index in [-0.39, 0.29) is 6.04 Å². The van der Waals surface area contributed by atoms with Crippen LogP contribution in [0.5, 0.6) is 0 Å². The first kappa shape index (κ1) is 25.0. The normalized spacial score (nSPS) is 15.4. The fourth-order valence-electron chi connectivity index (χ4n) is 5.98. The Morgan fingerprint density at radius 3 is 2.22 bits per heavy atom. The Hall–Kier alpha value is -4.97. The maximum absolute atomic E-state index is 5.35. The minimum Gasteiger partial charge on any atom is -0.337 e. The Kier molecular flexibility index (Phi) is 6.04. The highest BCUT2D eigenvalue weighted by Crippen LogP contribution is 2.48. The highest BCUT2D eigenvalue weighted by molar-refractivity contribution is 6.51. The number of hydrogen-bond donors (Lipinski definition) is 1. The summed E-state index contributed by atoms with van der Waals surface area (Å²) in [5.41, 5.74) is 10.9. The van der Waals surface area contributed by atoms with Gasteiger partial charge in [0.05, 0.1) is 28.8 Å². The predicted molar refractivity (Wildman–Crippen MR) is 169 cm³/mol. The minimum atomic E-state index is -0.131. The smallest absolute Gasteiger partial charge is 0.179 e. The number of amidine groups is 2. The number of fused-ring (bicyclic) bond motifs is 4. The maximum Gasteiger partial charge on any atom is 0.179 e. The summed E-state index contributed by atoms with van der Waals surface area (Å²) in [6.07, 6.45) is 0.997. The summed E-state index contributed by atoms with van der Waals surface area (Å²) >= 11 is 0. The lowest BCUT2D eigenvalue weighted by atomic mass is 9.92. The summed E-state index contributed by atoms with van der Waals surface area (Å²) in [4.78, 5) is 12.8. The molecule has 0 unspecified atom stereocenters. The number of aryl methyl sites for hydroxylation is 4. The van der Waals surface area contributed by atoms with E-state index in [4.69, 9.17) is 15.1 Å². The zero-order valence-electron chi connectivity index (χ0n) is 23.8. The van der Waals surface area contributed by atoms with Crippen LogP contribution in [-0.4, -0.2) is 21.5 Å². The second kappa shape index (κ2) is 9.89. The molecule has 6 heteroatoms. The summed E-state index contributed by atoms with van der Waals surface area (Å²) in [6.45, 7) is 8.51. The molecule has 41 heavy (non-hydrogen) atoms. The number of anilines is 2. The van der Waals surface area contributed by atoms with Crippen LogP contribution < -0.4 is 10.2 Å². The first-order valence-electron chi connectivity index (χ1n) is 14.2. The van der Waals surface area contributed by atoms with Crippen LogP contribution in [0.2, 0.25) is 0 Å². The third kappa shape index (κ3) is 4.32. The largest absolute Gasteiger partial charge is 0.337 e. The van der Waals surface area contributed by atoms with E-state index in [2.05, 4.69) is 111 Å². The Balaban J connectivity index is 1.49. The lowest BCUT2D eigenvalue weighted by Gasteiger charge is -2.40. The number of hydrogen-bond acceptors (Lipinski definition) is 5. The number of para-hydroxylation sites is 3. The van der Waals surface area contributed by atoms with Crippen LogP contribution in [0, 0.1) is 20.8 Å². The summed E-state index contributed by atoms with van der Waals surface area (Å²) in [5, 5.41) is 8.68.